The quantitative estimate of drug-likeness (QED) is 0.673. The van der Waals surface area contributed by atoms with Gasteiger partial charge in [0, 0.05) is 0 Å². The molecule has 0 unspecified atom stereocenters. The summed E-state index contributed by atoms with van der Waals surface area (Å²) < 4.78 is 4.99. The van der Waals surface area contributed by atoms with Crippen LogP contribution in [0.25, 0.3) is 0 Å². The van der Waals surface area contributed by atoms with Crippen LogP contribution in [0, 0.1) is 0 Å². The number of benzene rings is 2. The fourth-order valence-corrected chi connectivity index (χ4v) is 1.81. The predicted molar refractivity (Wildman–Crippen MR) is 74.0 cm³/mol. The van der Waals surface area contributed by atoms with Gasteiger partial charge in [-0.25, -0.2) is 4.79 Å². The maximum Gasteiger partial charge on any atom is 1.00 e. The third kappa shape index (κ3) is 5.90. The second kappa shape index (κ2) is 9.76. The van der Waals surface area contributed by atoms with Gasteiger partial charge in [-0.15, -0.1) is 0 Å². The zero-order valence-electron chi connectivity index (χ0n) is 12.2. The molecule has 6 heteroatoms. The van der Waals surface area contributed by atoms with Crippen molar-refractivity contribution in [3.05, 3.63) is 71.8 Å². The van der Waals surface area contributed by atoms with Crippen LogP contribution in [0.5, 0.6) is 0 Å². The van der Waals surface area contributed by atoms with Crippen molar-refractivity contribution in [3.8, 4) is 0 Å². The van der Waals surface area contributed by atoms with Crippen LogP contribution in [0.15, 0.2) is 60.7 Å². The van der Waals surface area contributed by atoms with Crippen molar-refractivity contribution in [1.82, 2.24) is 5.32 Å². The normalized spacial score (nSPS) is 10.9. The molecule has 1 atom stereocenters. The summed E-state index contributed by atoms with van der Waals surface area (Å²) in [7, 11) is 0. The van der Waals surface area contributed by atoms with Crippen LogP contribution in [-0.2, 0) is 16.1 Å². The molecule has 0 aliphatic rings. The third-order valence-electron chi connectivity index (χ3n) is 2.84. The van der Waals surface area contributed by atoms with Gasteiger partial charge in [0.15, 0.2) is 0 Å². The van der Waals surface area contributed by atoms with Crippen LogP contribution in [0.2, 0.25) is 0 Å². The molecule has 22 heavy (non-hydrogen) atoms. The Morgan fingerprint density at radius 3 is 2.09 bits per heavy atom. The SMILES string of the molecule is O=C(N[C@@H](C(=O)[O-])c1ccccc1)OCc1ccccc1.[K+]. The minimum Gasteiger partial charge on any atom is -0.548 e. The molecule has 108 valence electrons. The molecule has 1 N–H and O–H groups in total. The Hall–Kier alpha value is -1.18. The standard InChI is InChI=1S/C16H15NO4.K/c18-15(19)14(13-9-5-2-6-10-13)17-16(20)21-11-12-7-3-1-4-8-12;/h1-10,14H,11H2,(H,17,20)(H,18,19);/q;+1/p-1/t14-;/m1./s1. The van der Waals surface area contributed by atoms with Crippen LogP contribution in [0.3, 0.4) is 0 Å². The number of ether oxygens (including phenoxy) is 1. The minimum absolute atomic E-state index is 0. The van der Waals surface area contributed by atoms with E-state index in [4.69, 9.17) is 4.74 Å². The number of alkyl carbamates (subject to hydrolysis) is 1. The predicted octanol–water partition coefficient (Wildman–Crippen LogP) is -1.59. The molecule has 2 aromatic carbocycles. The Morgan fingerprint density at radius 1 is 1.00 bits per heavy atom. The summed E-state index contributed by atoms with van der Waals surface area (Å²) in [5.41, 5.74) is 1.24. The van der Waals surface area contributed by atoms with Gasteiger partial charge >= 0.3 is 57.5 Å². The molecular weight excluding hydrogens is 309 g/mol. The number of carbonyl (C=O) groups is 2. The van der Waals surface area contributed by atoms with Crippen LogP contribution in [-0.4, -0.2) is 12.1 Å². The van der Waals surface area contributed by atoms with Crippen molar-refractivity contribution < 1.29 is 70.8 Å². The summed E-state index contributed by atoms with van der Waals surface area (Å²) in [5.74, 6) is -1.39. The van der Waals surface area contributed by atoms with E-state index in [1.165, 1.54) is 0 Å². The number of aliphatic carboxylic acids is 1. The molecule has 0 fully saturated rings. The molecule has 0 spiro atoms. The van der Waals surface area contributed by atoms with E-state index >= 15 is 0 Å². The van der Waals surface area contributed by atoms with Crippen LogP contribution < -0.4 is 61.8 Å². The van der Waals surface area contributed by atoms with Crippen molar-refractivity contribution in [2.75, 3.05) is 0 Å². The molecule has 0 radical (unpaired) electrons. The van der Waals surface area contributed by atoms with Gasteiger partial charge in [0.1, 0.15) is 6.61 Å². The Bertz CT molecular complexity index is 604. The largest absolute Gasteiger partial charge is 1.00 e. The Morgan fingerprint density at radius 2 is 1.55 bits per heavy atom. The van der Waals surface area contributed by atoms with E-state index in [2.05, 4.69) is 5.32 Å². The number of amides is 1. The monoisotopic (exact) mass is 323 g/mol. The van der Waals surface area contributed by atoms with E-state index in [9.17, 15) is 14.7 Å². The molecule has 2 aromatic rings. The molecule has 0 bridgehead atoms. The van der Waals surface area contributed by atoms with Crippen molar-refractivity contribution >= 4 is 12.1 Å². The summed E-state index contributed by atoms with van der Waals surface area (Å²) in [6.45, 7) is 0.0707. The first kappa shape index (κ1) is 18.9. The zero-order chi connectivity index (χ0) is 15.1. The van der Waals surface area contributed by atoms with E-state index in [0.717, 1.165) is 5.56 Å². The Kier molecular flexibility index (Phi) is 8.37. The second-order valence-corrected chi connectivity index (χ2v) is 4.37. The van der Waals surface area contributed by atoms with Crippen LogP contribution in [0.4, 0.5) is 4.79 Å². The molecule has 0 saturated heterocycles. The number of hydrogen-bond acceptors (Lipinski definition) is 4. The topological polar surface area (TPSA) is 78.5 Å². The molecule has 5 nitrogen and oxygen atoms in total. The summed E-state index contributed by atoms with van der Waals surface area (Å²) in [6.07, 6.45) is -0.808. The summed E-state index contributed by atoms with van der Waals surface area (Å²) in [6, 6.07) is 16.2. The molecule has 0 aliphatic carbocycles. The number of carbonyl (C=O) groups excluding carboxylic acids is 2. The van der Waals surface area contributed by atoms with Crippen molar-refractivity contribution in [2.45, 2.75) is 12.6 Å². The first-order valence-corrected chi connectivity index (χ1v) is 6.40. The smallest absolute Gasteiger partial charge is 0.548 e. The molecule has 1 amide bonds. The first-order valence-electron chi connectivity index (χ1n) is 6.40. The number of carboxylic acids is 1. The molecule has 0 heterocycles. The minimum atomic E-state index is -1.39. The number of rotatable bonds is 5. The van der Waals surface area contributed by atoms with Crippen molar-refractivity contribution in [3.63, 3.8) is 0 Å². The van der Waals surface area contributed by atoms with Crippen molar-refractivity contribution in [2.24, 2.45) is 0 Å². The van der Waals surface area contributed by atoms with Gasteiger partial charge in [-0.1, -0.05) is 60.7 Å². The van der Waals surface area contributed by atoms with Gasteiger partial charge < -0.3 is 20.0 Å². The zero-order valence-corrected chi connectivity index (χ0v) is 15.3. The van der Waals surface area contributed by atoms with E-state index in [0.29, 0.717) is 5.56 Å². The molecule has 0 saturated carbocycles. The number of nitrogens with one attached hydrogen (secondary N) is 1. The van der Waals surface area contributed by atoms with Gasteiger partial charge in [0.05, 0.1) is 12.0 Å². The van der Waals surface area contributed by atoms with Gasteiger partial charge in [-0.3, -0.25) is 0 Å². The third-order valence-corrected chi connectivity index (χ3v) is 2.84. The Labute approximate surface area is 171 Å². The van der Waals surface area contributed by atoms with Crippen LogP contribution >= 0.6 is 0 Å². The van der Waals surface area contributed by atoms with Gasteiger partial charge in [-0.05, 0) is 11.1 Å². The van der Waals surface area contributed by atoms with Crippen molar-refractivity contribution in [1.29, 1.82) is 0 Å². The molecule has 0 aromatic heterocycles. The molecular formula is C16H14KNO4. The van der Waals surface area contributed by atoms with E-state index in [1.54, 1.807) is 42.5 Å². The van der Waals surface area contributed by atoms with E-state index in [1.807, 2.05) is 18.2 Å². The fraction of sp³-hybridized carbons (Fsp3) is 0.125. The summed E-state index contributed by atoms with van der Waals surface area (Å²) in [4.78, 5) is 22.8. The molecule has 2 rings (SSSR count). The van der Waals surface area contributed by atoms with Gasteiger partial charge in [0.25, 0.3) is 0 Å². The average molecular weight is 323 g/mol. The summed E-state index contributed by atoms with van der Waals surface area (Å²) >= 11 is 0. The maximum atomic E-state index is 11.7. The number of carboxylic acid groups (broad SMARTS) is 1. The fourth-order valence-electron chi connectivity index (χ4n) is 1.81. The average Bonchev–Trinajstić information content (AvgIpc) is 2.52. The number of hydrogen-bond donors (Lipinski definition) is 1. The van der Waals surface area contributed by atoms with E-state index in [-0.39, 0.29) is 58.0 Å². The van der Waals surface area contributed by atoms with Gasteiger partial charge in [-0.2, -0.15) is 0 Å². The molecule has 0 aliphatic heterocycles. The Balaban J connectivity index is 0.00000242. The van der Waals surface area contributed by atoms with Gasteiger partial charge in [0.2, 0.25) is 0 Å². The van der Waals surface area contributed by atoms with Crippen LogP contribution in [0.1, 0.15) is 17.2 Å². The maximum absolute atomic E-state index is 11.7. The summed E-state index contributed by atoms with van der Waals surface area (Å²) in [5, 5.41) is 13.4. The second-order valence-electron chi connectivity index (χ2n) is 4.37. The first-order chi connectivity index (χ1) is 10.2. The van der Waals surface area contributed by atoms with E-state index < -0.39 is 18.1 Å².